The highest BCUT2D eigenvalue weighted by Crippen LogP contribution is 2.31. The Bertz CT molecular complexity index is 1020. The number of hydrogen-bond donors (Lipinski definition) is 3. The lowest BCUT2D eigenvalue weighted by Crippen LogP contribution is -2.15. The van der Waals surface area contributed by atoms with Gasteiger partial charge in [0, 0.05) is 5.69 Å². The molecule has 0 aliphatic rings. The first-order valence-corrected chi connectivity index (χ1v) is 9.51. The van der Waals surface area contributed by atoms with Crippen LogP contribution in [0.5, 0.6) is 0 Å². The number of aryl methyl sites for hydroxylation is 1. The summed E-state index contributed by atoms with van der Waals surface area (Å²) in [6.07, 6.45) is 1.52. The van der Waals surface area contributed by atoms with E-state index in [2.05, 4.69) is 51.8 Å². The average Bonchev–Trinajstić information content (AvgIpc) is 2.77. The summed E-state index contributed by atoms with van der Waals surface area (Å²) in [4.78, 5) is 8.72. The molecule has 5 nitrogen and oxygen atoms in total. The van der Waals surface area contributed by atoms with Crippen molar-refractivity contribution in [2.24, 2.45) is 0 Å². The second kappa shape index (κ2) is 8.44. The van der Waals surface area contributed by atoms with Crippen molar-refractivity contribution in [2.75, 3.05) is 16.4 Å². The molecule has 0 atom stereocenters. The summed E-state index contributed by atoms with van der Waals surface area (Å²) in [5, 5.41) is 6.78. The van der Waals surface area contributed by atoms with Gasteiger partial charge in [0.1, 0.15) is 12.0 Å². The van der Waals surface area contributed by atoms with E-state index in [0.717, 1.165) is 16.8 Å². The first-order valence-electron chi connectivity index (χ1n) is 9.51. The zero-order chi connectivity index (χ0) is 20.1. The number of hydrogen-bond acceptors (Lipinski definition) is 5. The lowest BCUT2D eigenvalue weighted by molar-refractivity contribution is 0.924. The van der Waals surface area contributed by atoms with Gasteiger partial charge in [-0.15, -0.1) is 0 Å². The molecule has 4 rings (SSSR count). The summed E-state index contributed by atoms with van der Waals surface area (Å²) in [6.45, 7) is 2.05. The Morgan fingerprint density at radius 3 is 1.86 bits per heavy atom. The second-order valence-electron chi connectivity index (χ2n) is 6.87. The fourth-order valence-electron chi connectivity index (χ4n) is 3.17. The van der Waals surface area contributed by atoms with Crippen molar-refractivity contribution in [2.45, 2.75) is 13.0 Å². The summed E-state index contributed by atoms with van der Waals surface area (Å²) in [7, 11) is 0. The minimum Gasteiger partial charge on any atom is -0.393 e. The van der Waals surface area contributed by atoms with E-state index in [1.165, 1.54) is 11.9 Å². The van der Waals surface area contributed by atoms with Crippen LogP contribution in [0.1, 0.15) is 22.7 Å². The lowest BCUT2D eigenvalue weighted by atomic mass is 9.99. The molecule has 0 aliphatic carbocycles. The largest absolute Gasteiger partial charge is 0.393 e. The quantitative estimate of drug-likeness (QED) is 0.422. The van der Waals surface area contributed by atoms with Crippen molar-refractivity contribution in [1.82, 2.24) is 9.97 Å². The van der Waals surface area contributed by atoms with Crippen molar-refractivity contribution in [3.63, 3.8) is 0 Å². The van der Waals surface area contributed by atoms with E-state index in [-0.39, 0.29) is 6.04 Å². The Balaban J connectivity index is 1.65. The summed E-state index contributed by atoms with van der Waals surface area (Å²) in [5.74, 6) is 1.17. The number of rotatable bonds is 6. The molecule has 0 amide bonds. The molecule has 0 unspecified atom stereocenters. The molecule has 0 bridgehead atoms. The maximum Gasteiger partial charge on any atom is 0.159 e. The molecule has 0 aliphatic heterocycles. The van der Waals surface area contributed by atoms with E-state index in [1.807, 2.05) is 60.7 Å². The maximum atomic E-state index is 6.42. The molecule has 144 valence electrons. The van der Waals surface area contributed by atoms with Crippen LogP contribution >= 0.6 is 0 Å². The fourth-order valence-corrected chi connectivity index (χ4v) is 3.17. The Hall–Kier alpha value is -3.86. The van der Waals surface area contributed by atoms with Gasteiger partial charge in [0.15, 0.2) is 11.6 Å². The fraction of sp³-hybridized carbons (Fsp3) is 0.0833. The zero-order valence-electron chi connectivity index (χ0n) is 16.2. The van der Waals surface area contributed by atoms with E-state index < -0.39 is 0 Å². The topological polar surface area (TPSA) is 75.9 Å². The molecule has 0 saturated carbocycles. The molecule has 5 heteroatoms. The summed E-state index contributed by atoms with van der Waals surface area (Å²) < 4.78 is 0. The van der Waals surface area contributed by atoms with Crippen LogP contribution < -0.4 is 16.4 Å². The SMILES string of the molecule is Cc1ccc(Nc2ncnc(NC(c3ccccc3)c3ccccc3)c2N)cc1. The Labute approximate surface area is 170 Å². The van der Waals surface area contributed by atoms with E-state index >= 15 is 0 Å². The molecule has 4 aromatic rings. The van der Waals surface area contributed by atoms with Crippen LogP contribution in [0.4, 0.5) is 23.0 Å². The van der Waals surface area contributed by atoms with Crippen LogP contribution in [0.25, 0.3) is 0 Å². The van der Waals surface area contributed by atoms with Crippen LogP contribution in [-0.2, 0) is 0 Å². The van der Waals surface area contributed by atoms with Crippen molar-refractivity contribution in [3.05, 3.63) is 108 Å². The van der Waals surface area contributed by atoms with Gasteiger partial charge in [-0.05, 0) is 30.2 Å². The molecular formula is C24H23N5. The molecular weight excluding hydrogens is 358 g/mol. The molecule has 29 heavy (non-hydrogen) atoms. The van der Waals surface area contributed by atoms with Gasteiger partial charge < -0.3 is 16.4 Å². The third kappa shape index (κ3) is 4.35. The average molecular weight is 381 g/mol. The van der Waals surface area contributed by atoms with Crippen LogP contribution in [0.2, 0.25) is 0 Å². The van der Waals surface area contributed by atoms with E-state index in [9.17, 15) is 0 Å². The maximum absolute atomic E-state index is 6.42. The molecule has 4 N–H and O–H groups in total. The smallest absolute Gasteiger partial charge is 0.159 e. The number of nitrogen functional groups attached to an aromatic ring is 1. The molecule has 3 aromatic carbocycles. The summed E-state index contributed by atoms with van der Waals surface area (Å²) in [5.41, 5.74) is 11.3. The number of aromatic nitrogens is 2. The van der Waals surface area contributed by atoms with Crippen LogP contribution in [-0.4, -0.2) is 9.97 Å². The molecule has 0 fully saturated rings. The van der Waals surface area contributed by atoms with Gasteiger partial charge in [-0.3, -0.25) is 0 Å². The number of benzene rings is 3. The van der Waals surface area contributed by atoms with Gasteiger partial charge in [-0.2, -0.15) is 0 Å². The zero-order valence-corrected chi connectivity index (χ0v) is 16.2. The predicted molar refractivity (Wildman–Crippen MR) is 119 cm³/mol. The van der Waals surface area contributed by atoms with E-state index in [1.54, 1.807) is 0 Å². The summed E-state index contributed by atoms with van der Waals surface area (Å²) >= 11 is 0. The standard InChI is InChI=1S/C24H23N5/c1-17-12-14-20(15-13-17)28-23-21(25)24(27-16-26-23)29-22(18-8-4-2-5-9-18)19-10-6-3-7-11-19/h2-16,22H,25H2,1H3,(H2,26,27,28,29). The highest BCUT2D eigenvalue weighted by atomic mass is 15.1. The number of nitrogens with one attached hydrogen (secondary N) is 2. The third-order valence-electron chi connectivity index (χ3n) is 4.75. The Morgan fingerprint density at radius 2 is 1.28 bits per heavy atom. The van der Waals surface area contributed by atoms with Gasteiger partial charge >= 0.3 is 0 Å². The highest BCUT2D eigenvalue weighted by Gasteiger charge is 2.17. The number of nitrogens with two attached hydrogens (primary N) is 1. The third-order valence-corrected chi connectivity index (χ3v) is 4.75. The van der Waals surface area contributed by atoms with Gasteiger partial charge in [0.25, 0.3) is 0 Å². The molecule has 1 aromatic heterocycles. The van der Waals surface area contributed by atoms with Crippen molar-refractivity contribution < 1.29 is 0 Å². The summed E-state index contributed by atoms with van der Waals surface area (Å²) in [6, 6.07) is 28.5. The van der Waals surface area contributed by atoms with Gasteiger partial charge in [0.05, 0.1) is 6.04 Å². The molecule has 1 heterocycles. The van der Waals surface area contributed by atoms with Gasteiger partial charge in [-0.1, -0.05) is 78.4 Å². The predicted octanol–water partition coefficient (Wildman–Crippen LogP) is 5.31. The minimum absolute atomic E-state index is 0.0816. The number of nitrogens with zero attached hydrogens (tertiary/aromatic N) is 2. The minimum atomic E-state index is -0.0816. The molecule has 0 radical (unpaired) electrons. The Kier molecular flexibility index (Phi) is 5.38. The van der Waals surface area contributed by atoms with Crippen molar-refractivity contribution in [1.29, 1.82) is 0 Å². The lowest BCUT2D eigenvalue weighted by Gasteiger charge is -2.22. The van der Waals surface area contributed by atoms with Crippen LogP contribution in [0.15, 0.2) is 91.3 Å². The van der Waals surface area contributed by atoms with Gasteiger partial charge in [-0.25, -0.2) is 9.97 Å². The van der Waals surface area contributed by atoms with Crippen LogP contribution in [0, 0.1) is 6.92 Å². The van der Waals surface area contributed by atoms with Crippen LogP contribution in [0.3, 0.4) is 0 Å². The Morgan fingerprint density at radius 1 is 0.724 bits per heavy atom. The first kappa shape index (κ1) is 18.5. The van der Waals surface area contributed by atoms with Crippen molar-refractivity contribution in [3.8, 4) is 0 Å². The molecule has 0 spiro atoms. The van der Waals surface area contributed by atoms with E-state index in [0.29, 0.717) is 17.3 Å². The second-order valence-corrected chi connectivity index (χ2v) is 6.87. The van der Waals surface area contributed by atoms with Crippen molar-refractivity contribution >= 4 is 23.0 Å². The first-order chi connectivity index (χ1) is 14.2. The molecule has 0 saturated heterocycles. The monoisotopic (exact) mass is 381 g/mol. The number of anilines is 4. The normalized spacial score (nSPS) is 10.7. The van der Waals surface area contributed by atoms with E-state index in [4.69, 9.17) is 5.73 Å². The van der Waals surface area contributed by atoms with Gasteiger partial charge in [0.2, 0.25) is 0 Å². The highest BCUT2D eigenvalue weighted by molar-refractivity contribution is 5.78.